The number of nitrogens with zero attached hydrogens (tertiary/aromatic N) is 1. The van der Waals surface area contributed by atoms with Crippen LogP contribution in [-0.2, 0) is 6.42 Å². The second-order valence-corrected chi connectivity index (χ2v) is 5.04. The van der Waals surface area contributed by atoms with Crippen molar-refractivity contribution in [3.63, 3.8) is 0 Å². The lowest BCUT2D eigenvalue weighted by atomic mass is 10.2. The molecule has 0 bridgehead atoms. The van der Waals surface area contributed by atoms with E-state index in [1.54, 1.807) is 11.9 Å². The summed E-state index contributed by atoms with van der Waals surface area (Å²) in [6.07, 6.45) is 1.75. The van der Waals surface area contributed by atoms with E-state index in [1.165, 1.54) is 5.56 Å². The number of benzene rings is 1. The SMILES string of the molecule is CCc1ccc(OCCCN(C)c2c(N)c(=O)c2=O)cc1. The predicted octanol–water partition coefficient (Wildman–Crippen LogP) is 1.33. The van der Waals surface area contributed by atoms with E-state index in [9.17, 15) is 9.59 Å². The van der Waals surface area contributed by atoms with E-state index in [0.717, 1.165) is 18.6 Å². The number of anilines is 2. The highest BCUT2D eigenvalue weighted by Crippen LogP contribution is 2.15. The van der Waals surface area contributed by atoms with Gasteiger partial charge in [0.1, 0.15) is 17.1 Å². The second-order valence-electron chi connectivity index (χ2n) is 5.04. The van der Waals surface area contributed by atoms with E-state index in [2.05, 4.69) is 6.92 Å². The number of ether oxygens (including phenoxy) is 1. The van der Waals surface area contributed by atoms with Crippen LogP contribution in [0.25, 0.3) is 0 Å². The first-order valence-electron chi connectivity index (χ1n) is 7.06. The molecule has 0 radical (unpaired) electrons. The zero-order valence-corrected chi connectivity index (χ0v) is 12.4. The lowest BCUT2D eigenvalue weighted by Gasteiger charge is -2.21. The molecule has 5 nitrogen and oxygen atoms in total. The fourth-order valence-electron chi connectivity index (χ4n) is 2.20. The molecule has 0 amide bonds. The highest BCUT2D eigenvalue weighted by atomic mass is 16.5. The quantitative estimate of drug-likeness (QED) is 0.614. The van der Waals surface area contributed by atoms with Crippen LogP contribution in [0.3, 0.4) is 0 Å². The Labute approximate surface area is 123 Å². The summed E-state index contributed by atoms with van der Waals surface area (Å²) in [5, 5.41) is 0. The van der Waals surface area contributed by atoms with Gasteiger partial charge >= 0.3 is 0 Å². The zero-order valence-electron chi connectivity index (χ0n) is 12.4. The van der Waals surface area contributed by atoms with Crippen LogP contribution in [0.15, 0.2) is 33.9 Å². The van der Waals surface area contributed by atoms with Crippen molar-refractivity contribution >= 4 is 11.4 Å². The largest absolute Gasteiger partial charge is 0.494 e. The highest BCUT2D eigenvalue weighted by Gasteiger charge is 2.20. The third kappa shape index (κ3) is 3.24. The van der Waals surface area contributed by atoms with Crippen molar-refractivity contribution < 1.29 is 4.74 Å². The van der Waals surface area contributed by atoms with Crippen LogP contribution >= 0.6 is 0 Å². The zero-order chi connectivity index (χ0) is 15.4. The molecule has 2 rings (SSSR count). The lowest BCUT2D eigenvalue weighted by molar-refractivity contribution is 0.312. The molecule has 0 fully saturated rings. The van der Waals surface area contributed by atoms with E-state index in [1.807, 2.05) is 24.3 Å². The third-order valence-electron chi connectivity index (χ3n) is 3.54. The number of nitrogens with two attached hydrogens (primary N) is 1. The van der Waals surface area contributed by atoms with Crippen LogP contribution in [0.1, 0.15) is 18.9 Å². The van der Waals surface area contributed by atoms with Crippen LogP contribution in [0.5, 0.6) is 5.75 Å². The standard InChI is InChI=1S/C16H20N2O3/c1-3-11-5-7-12(8-6-11)21-10-4-9-18(2)14-13(17)15(19)16(14)20/h5-8H,3-4,9-10,17H2,1-2H3. The average Bonchev–Trinajstić information content (AvgIpc) is 2.52. The summed E-state index contributed by atoms with van der Waals surface area (Å²) < 4.78 is 5.64. The van der Waals surface area contributed by atoms with Gasteiger partial charge in [-0.2, -0.15) is 0 Å². The molecule has 0 heterocycles. The predicted molar refractivity (Wildman–Crippen MR) is 85.0 cm³/mol. The van der Waals surface area contributed by atoms with Crippen LogP contribution in [0.4, 0.5) is 11.4 Å². The molecule has 0 spiro atoms. The van der Waals surface area contributed by atoms with Crippen molar-refractivity contribution in [1.29, 1.82) is 0 Å². The monoisotopic (exact) mass is 288 g/mol. The Morgan fingerprint density at radius 1 is 1.14 bits per heavy atom. The maximum absolute atomic E-state index is 11.4. The van der Waals surface area contributed by atoms with E-state index in [-0.39, 0.29) is 5.69 Å². The summed E-state index contributed by atoms with van der Waals surface area (Å²) >= 11 is 0. The molecule has 2 N–H and O–H groups in total. The first kappa shape index (κ1) is 15.1. The maximum atomic E-state index is 11.4. The van der Waals surface area contributed by atoms with Crippen LogP contribution < -0.4 is 26.2 Å². The fourth-order valence-corrected chi connectivity index (χ4v) is 2.20. The molecule has 0 atom stereocenters. The smallest absolute Gasteiger partial charge is 0.253 e. The minimum atomic E-state index is -0.580. The summed E-state index contributed by atoms with van der Waals surface area (Å²) in [6.45, 7) is 3.27. The Kier molecular flexibility index (Phi) is 4.62. The van der Waals surface area contributed by atoms with Crippen molar-refractivity contribution in [2.45, 2.75) is 19.8 Å². The molecular formula is C16H20N2O3. The summed E-state index contributed by atoms with van der Waals surface area (Å²) in [4.78, 5) is 24.1. The average molecular weight is 288 g/mol. The molecule has 0 unspecified atom stereocenters. The fraction of sp³-hybridized carbons (Fsp3) is 0.375. The highest BCUT2D eigenvalue weighted by molar-refractivity contribution is 5.72. The van der Waals surface area contributed by atoms with Crippen LogP contribution in [0, 0.1) is 0 Å². The molecule has 0 saturated carbocycles. The summed E-state index contributed by atoms with van der Waals surface area (Å²) in [5.41, 5.74) is 6.11. The second kappa shape index (κ2) is 6.43. The van der Waals surface area contributed by atoms with Crippen molar-refractivity contribution in [3.05, 3.63) is 50.3 Å². The van der Waals surface area contributed by atoms with Crippen LogP contribution in [0.2, 0.25) is 0 Å². The third-order valence-corrected chi connectivity index (χ3v) is 3.54. The van der Waals surface area contributed by atoms with Gasteiger partial charge in [0.15, 0.2) is 0 Å². The van der Waals surface area contributed by atoms with Crippen molar-refractivity contribution in [2.75, 3.05) is 30.8 Å². The Hall–Kier alpha value is -2.30. The number of aryl methyl sites for hydroxylation is 1. The molecule has 112 valence electrons. The van der Waals surface area contributed by atoms with Gasteiger partial charge in [0, 0.05) is 13.6 Å². The summed E-state index contributed by atoms with van der Waals surface area (Å²) in [7, 11) is 1.75. The molecular weight excluding hydrogens is 268 g/mol. The molecule has 2 aromatic carbocycles. The normalized spacial score (nSPS) is 10.8. The maximum Gasteiger partial charge on any atom is 0.253 e. The molecule has 0 aliphatic rings. The molecule has 2 aromatic rings. The van der Waals surface area contributed by atoms with Gasteiger partial charge in [0.25, 0.3) is 10.9 Å². The number of hydrogen-bond donors (Lipinski definition) is 1. The van der Waals surface area contributed by atoms with Crippen molar-refractivity contribution in [1.82, 2.24) is 0 Å². The van der Waals surface area contributed by atoms with Crippen LogP contribution in [-0.4, -0.2) is 20.2 Å². The summed E-state index contributed by atoms with van der Waals surface area (Å²) in [6, 6.07) is 8.01. The van der Waals surface area contributed by atoms with E-state index in [0.29, 0.717) is 18.8 Å². The topological polar surface area (TPSA) is 72.6 Å². The molecule has 0 aromatic heterocycles. The summed E-state index contributed by atoms with van der Waals surface area (Å²) in [5.74, 6) is 0.837. The molecule has 21 heavy (non-hydrogen) atoms. The van der Waals surface area contributed by atoms with Gasteiger partial charge in [0.05, 0.1) is 6.61 Å². The van der Waals surface area contributed by atoms with Gasteiger partial charge in [-0.25, -0.2) is 0 Å². The number of hydrogen-bond acceptors (Lipinski definition) is 5. The Morgan fingerprint density at radius 2 is 1.81 bits per heavy atom. The van der Waals surface area contributed by atoms with Crippen molar-refractivity contribution in [2.24, 2.45) is 0 Å². The molecule has 0 aliphatic carbocycles. The first-order chi connectivity index (χ1) is 10.0. The molecule has 5 heteroatoms. The molecule has 0 aliphatic heterocycles. The van der Waals surface area contributed by atoms with Gasteiger partial charge < -0.3 is 15.4 Å². The van der Waals surface area contributed by atoms with Crippen molar-refractivity contribution in [3.8, 4) is 5.75 Å². The lowest BCUT2D eigenvalue weighted by Crippen LogP contribution is -2.41. The Morgan fingerprint density at radius 3 is 2.38 bits per heavy atom. The number of nitrogen functional groups attached to an aromatic ring is 1. The first-order valence-corrected chi connectivity index (χ1v) is 7.06. The van der Waals surface area contributed by atoms with E-state index < -0.39 is 10.9 Å². The van der Waals surface area contributed by atoms with Gasteiger partial charge in [-0.1, -0.05) is 19.1 Å². The number of rotatable bonds is 7. The van der Waals surface area contributed by atoms with Gasteiger partial charge in [0.2, 0.25) is 0 Å². The minimum Gasteiger partial charge on any atom is -0.494 e. The van der Waals surface area contributed by atoms with E-state index >= 15 is 0 Å². The molecule has 0 saturated heterocycles. The minimum absolute atomic E-state index is 0.0681. The van der Waals surface area contributed by atoms with Gasteiger partial charge in [-0.15, -0.1) is 0 Å². The Bertz CT molecular complexity index is 670. The Balaban J connectivity index is 1.77. The van der Waals surface area contributed by atoms with Gasteiger partial charge in [-0.05, 0) is 30.5 Å². The van der Waals surface area contributed by atoms with Gasteiger partial charge in [-0.3, -0.25) is 9.59 Å². The van der Waals surface area contributed by atoms with E-state index in [4.69, 9.17) is 10.5 Å².